The minimum absolute atomic E-state index is 0.246. The molecule has 1 heterocycles. The summed E-state index contributed by atoms with van der Waals surface area (Å²) in [6, 6.07) is 0. The van der Waals surface area contributed by atoms with Gasteiger partial charge in [0.2, 0.25) is 0 Å². The van der Waals surface area contributed by atoms with Crippen molar-refractivity contribution < 1.29 is 14.6 Å². The number of carboxylic acid groups (broad SMARTS) is 1. The van der Waals surface area contributed by atoms with Crippen LogP contribution in [0.1, 0.15) is 26.2 Å². The maximum atomic E-state index is 10.4. The van der Waals surface area contributed by atoms with Crippen molar-refractivity contribution in [1.29, 1.82) is 0 Å². The van der Waals surface area contributed by atoms with Crippen LogP contribution in [0.15, 0.2) is 24.3 Å². The number of ether oxygens (including phenoxy) is 1. The Morgan fingerprint density at radius 1 is 1.60 bits per heavy atom. The third kappa shape index (κ3) is 5.37. The average Bonchev–Trinajstić information content (AvgIpc) is 3.00. The van der Waals surface area contributed by atoms with E-state index in [1.807, 2.05) is 0 Å². The average molecular weight is 210 g/mol. The van der Waals surface area contributed by atoms with Crippen LogP contribution >= 0.6 is 0 Å². The first kappa shape index (κ1) is 12.0. The topological polar surface area (TPSA) is 49.8 Å². The van der Waals surface area contributed by atoms with E-state index in [-0.39, 0.29) is 12.0 Å². The molecule has 0 aliphatic carbocycles. The van der Waals surface area contributed by atoms with Gasteiger partial charge in [-0.15, -0.1) is 0 Å². The predicted octanol–water partition coefficient (Wildman–Crippen LogP) is 2.39. The first-order valence-electron chi connectivity index (χ1n) is 5.41. The summed E-state index contributed by atoms with van der Waals surface area (Å²) in [5.74, 6) is -0.632. The predicted molar refractivity (Wildman–Crippen MR) is 58.7 cm³/mol. The molecule has 0 spiro atoms. The van der Waals surface area contributed by atoms with Gasteiger partial charge in [-0.05, 0) is 19.3 Å². The van der Waals surface area contributed by atoms with Gasteiger partial charge >= 0.3 is 5.97 Å². The Labute approximate surface area is 90.4 Å². The van der Waals surface area contributed by atoms with Crippen molar-refractivity contribution in [2.75, 3.05) is 6.61 Å². The molecule has 1 fully saturated rings. The van der Waals surface area contributed by atoms with Crippen LogP contribution in [0.25, 0.3) is 0 Å². The van der Waals surface area contributed by atoms with E-state index in [0.717, 1.165) is 25.9 Å². The molecular formula is C12H18O3. The Hall–Kier alpha value is -1.09. The first-order chi connectivity index (χ1) is 7.24. The molecule has 1 unspecified atom stereocenters. The van der Waals surface area contributed by atoms with Gasteiger partial charge in [0.1, 0.15) is 0 Å². The molecule has 1 aliphatic heterocycles. The lowest BCUT2D eigenvalue weighted by Crippen LogP contribution is -2.05. The van der Waals surface area contributed by atoms with Crippen molar-refractivity contribution >= 4 is 5.97 Å². The monoisotopic (exact) mass is 210 g/mol. The Bertz CT molecular complexity index is 252. The van der Waals surface area contributed by atoms with Gasteiger partial charge in [-0.25, -0.2) is 4.79 Å². The summed E-state index contributed by atoms with van der Waals surface area (Å²) in [5, 5.41) is 8.53. The first-order valence-corrected chi connectivity index (χ1v) is 5.41. The van der Waals surface area contributed by atoms with Crippen LogP contribution in [0.3, 0.4) is 0 Å². The standard InChI is InChI=1S/C12H18O3/c1-2-3-4-5-6-10(11-9-15-11)7-8-12(13)14/h3-4,7-8,10-11H,2,5-6,9H2,1H3,(H,13,14)/t10?,11-/m0/s1. The summed E-state index contributed by atoms with van der Waals surface area (Å²) >= 11 is 0. The van der Waals surface area contributed by atoms with Crippen LogP contribution in [0.4, 0.5) is 0 Å². The second-order valence-electron chi connectivity index (χ2n) is 3.69. The molecule has 2 atom stereocenters. The largest absolute Gasteiger partial charge is 0.478 e. The molecule has 1 aliphatic rings. The lowest BCUT2D eigenvalue weighted by Gasteiger charge is -2.06. The quantitative estimate of drug-likeness (QED) is 0.399. The van der Waals surface area contributed by atoms with Crippen LogP contribution in [0, 0.1) is 5.92 Å². The molecule has 1 rings (SSSR count). The molecule has 3 heteroatoms. The Kier molecular flexibility index (Phi) is 5.12. The van der Waals surface area contributed by atoms with Crippen LogP contribution in [-0.4, -0.2) is 23.8 Å². The zero-order valence-corrected chi connectivity index (χ0v) is 9.06. The number of carboxylic acids is 1. The molecule has 0 aromatic heterocycles. The molecule has 0 aromatic rings. The normalized spacial score (nSPS) is 22.3. The van der Waals surface area contributed by atoms with Crippen LogP contribution < -0.4 is 0 Å². The van der Waals surface area contributed by atoms with Gasteiger partial charge in [0, 0.05) is 12.0 Å². The minimum Gasteiger partial charge on any atom is -0.478 e. The van der Waals surface area contributed by atoms with E-state index < -0.39 is 5.97 Å². The number of allylic oxidation sites excluding steroid dienone is 2. The van der Waals surface area contributed by atoms with Gasteiger partial charge in [0.15, 0.2) is 0 Å². The van der Waals surface area contributed by atoms with Gasteiger partial charge in [0.25, 0.3) is 0 Å². The summed E-state index contributed by atoms with van der Waals surface area (Å²) in [5.41, 5.74) is 0. The number of hydrogen-bond donors (Lipinski definition) is 1. The summed E-state index contributed by atoms with van der Waals surface area (Å²) < 4.78 is 5.19. The Morgan fingerprint density at radius 2 is 2.33 bits per heavy atom. The number of rotatable bonds is 7. The molecule has 0 amide bonds. The Balaban J connectivity index is 2.30. The highest BCUT2D eigenvalue weighted by atomic mass is 16.6. The van der Waals surface area contributed by atoms with Crippen molar-refractivity contribution in [1.82, 2.24) is 0 Å². The molecule has 3 nitrogen and oxygen atoms in total. The fourth-order valence-electron chi connectivity index (χ4n) is 1.49. The fourth-order valence-corrected chi connectivity index (χ4v) is 1.49. The van der Waals surface area contributed by atoms with Crippen molar-refractivity contribution in [2.24, 2.45) is 5.92 Å². The highest BCUT2D eigenvalue weighted by molar-refractivity contribution is 5.79. The summed E-state index contributed by atoms with van der Waals surface area (Å²) in [4.78, 5) is 10.4. The van der Waals surface area contributed by atoms with E-state index >= 15 is 0 Å². The lowest BCUT2D eigenvalue weighted by molar-refractivity contribution is -0.131. The van der Waals surface area contributed by atoms with E-state index in [0.29, 0.717) is 0 Å². The maximum Gasteiger partial charge on any atom is 0.327 e. The highest BCUT2D eigenvalue weighted by Gasteiger charge is 2.30. The second-order valence-corrected chi connectivity index (χ2v) is 3.69. The summed E-state index contributed by atoms with van der Waals surface area (Å²) in [6.45, 7) is 2.87. The van der Waals surface area contributed by atoms with Gasteiger partial charge in [-0.1, -0.05) is 25.2 Å². The van der Waals surface area contributed by atoms with Gasteiger partial charge in [-0.3, -0.25) is 0 Å². The second kappa shape index (κ2) is 6.40. The molecule has 0 radical (unpaired) electrons. The summed E-state index contributed by atoms with van der Waals surface area (Å²) in [7, 11) is 0. The van der Waals surface area contributed by atoms with Crippen molar-refractivity contribution in [3.05, 3.63) is 24.3 Å². The molecular weight excluding hydrogens is 192 g/mol. The number of carbonyl (C=O) groups is 1. The van der Waals surface area contributed by atoms with E-state index in [2.05, 4.69) is 19.1 Å². The maximum absolute atomic E-state index is 10.4. The third-order valence-corrected chi connectivity index (χ3v) is 2.39. The molecule has 0 bridgehead atoms. The van der Waals surface area contributed by atoms with Gasteiger partial charge < -0.3 is 9.84 Å². The summed E-state index contributed by atoms with van der Waals surface area (Å²) in [6.07, 6.45) is 10.5. The van der Waals surface area contributed by atoms with E-state index in [9.17, 15) is 4.79 Å². The zero-order valence-electron chi connectivity index (χ0n) is 9.06. The molecule has 0 saturated carbocycles. The van der Waals surface area contributed by atoms with Crippen molar-refractivity contribution in [3.8, 4) is 0 Å². The van der Waals surface area contributed by atoms with Gasteiger partial charge in [-0.2, -0.15) is 0 Å². The van der Waals surface area contributed by atoms with Crippen LogP contribution in [0.5, 0.6) is 0 Å². The molecule has 15 heavy (non-hydrogen) atoms. The SMILES string of the molecule is CCC=CCCC(C=CC(=O)O)[C@@H]1CO1. The van der Waals surface area contributed by atoms with Crippen LogP contribution in [0.2, 0.25) is 0 Å². The smallest absolute Gasteiger partial charge is 0.327 e. The number of hydrogen-bond acceptors (Lipinski definition) is 2. The molecule has 1 saturated heterocycles. The third-order valence-electron chi connectivity index (χ3n) is 2.39. The minimum atomic E-state index is -0.884. The number of epoxide rings is 1. The van der Waals surface area contributed by atoms with E-state index in [4.69, 9.17) is 9.84 Å². The van der Waals surface area contributed by atoms with Crippen molar-refractivity contribution in [3.63, 3.8) is 0 Å². The van der Waals surface area contributed by atoms with E-state index in [1.54, 1.807) is 6.08 Å². The Morgan fingerprint density at radius 3 is 2.87 bits per heavy atom. The number of aliphatic carboxylic acids is 1. The fraction of sp³-hybridized carbons (Fsp3) is 0.583. The molecule has 1 N–H and O–H groups in total. The molecule has 84 valence electrons. The zero-order chi connectivity index (χ0) is 11.1. The van der Waals surface area contributed by atoms with Crippen LogP contribution in [-0.2, 0) is 9.53 Å². The van der Waals surface area contributed by atoms with Gasteiger partial charge in [0.05, 0.1) is 12.7 Å². The lowest BCUT2D eigenvalue weighted by atomic mass is 9.99. The van der Waals surface area contributed by atoms with Crippen molar-refractivity contribution in [2.45, 2.75) is 32.3 Å². The molecule has 0 aromatic carbocycles. The van der Waals surface area contributed by atoms with E-state index in [1.165, 1.54) is 6.08 Å². The highest BCUT2D eigenvalue weighted by Crippen LogP contribution is 2.25.